The van der Waals surface area contributed by atoms with Crippen molar-refractivity contribution in [3.63, 3.8) is 0 Å². The molecule has 0 fully saturated rings. The molecule has 0 radical (unpaired) electrons. The third-order valence-corrected chi connectivity index (χ3v) is 1.42. The lowest BCUT2D eigenvalue weighted by Crippen LogP contribution is -2.23. The second kappa shape index (κ2) is 5.99. The zero-order chi connectivity index (χ0) is 10.3. The number of carboxylic acid groups (broad SMARTS) is 1. The molecule has 0 aromatic rings. The summed E-state index contributed by atoms with van der Waals surface area (Å²) in [6.07, 6.45) is 4.50. The molecule has 0 heterocycles. The van der Waals surface area contributed by atoms with Crippen molar-refractivity contribution >= 4 is 11.9 Å². The smallest absolute Gasteiger partial charge is 0.327 e. The van der Waals surface area contributed by atoms with Crippen LogP contribution < -0.4 is 0 Å². The van der Waals surface area contributed by atoms with Gasteiger partial charge in [-0.2, -0.15) is 0 Å². The van der Waals surface area contributed by atoms with Crippen molar-refractivity contribution in [2.75, 3.05) is 6.54 Å². The molecule has 0 aliphatic carbocycles. The molecule has 4 nitrogen and oxygen atoms in total. The van der Waals surface area contributed by atoms with Crippen LogP contribution in [0.4, 0.5) is 0 Å². The summed E-state index contributed by atoms with van der Waals surface area (Å²) in [5.74, 6) is -1.08. The van der Waals surface area contributed by atoms with Gasteiger partial charge in [-0.05, 0) is 12.6 Å². The average Bonchev–Trinajstić information content (AvgIpc) is 2.03. The van der Waals surface area contributed by atoms with Crippen LogP contribution in [0.15, 0.2) is 24.9 Å². The highest BCUT2D eigenvalue weighted by Crippen LogP contribution is 1.93. The maximum absolute atomic E-state index is 10.8. The summed E-state index contributed by atoms with van der Waals surface area (Å²) in [5, 5.41) is 8.26. The van der Waals surface area contributed by atoms with Crippen molar-refractivity contribution < 1.29 is 14.7 Å². The van der Waals surface area contributed by atoms with E-state index in [1.165, 1.54) is 24.1 Å². The summed E-state index contributed by atoms with van der Waals surface area (Å²) in [4.78, 5) is 22.3. The number of carbonyl (C=O) groups excluding carboxylic acids is 1. The Morgan fingerprint density at radius 2 is 2.15 bits per heavy atom. The molecule has 0 saturated carbocycles. The fourth-order valence-electron chi connectivity index (χ4n) is 0.775. The van der Waals surface area contributed by atoms with E-state index >= 15 is 0 Å². The van der Waals surface area contributed by atoms with Crippen LogP contribution in [0.1, 0.15) is 13.3 Å². The summed E-state index contributed by atoms with van der Waals surface area (Å²) in [7, 11) is 0. The monoisotopic (exact) mass is 183 g/mol. The Morgan fingerprint density at radius 3 is 2.54 bits per heavy atom. The van der Waals surface area contributed by atoms with E-state index in [9.17, 15) is 9.59 Å². The molecule has 0 saturated heterocycles. The number of amides is 1. The van der Waals surface area contributed by atoms with E-state index in [0.29, 0.717) is 13.0 Å². The minimum Gasteiger partial charge on any atom is -0.478 e. The number of hydrogen-bond donors (Lipinski definition) is 1. The van der Waals surface area contributed by atoms with E-state index in [4.69, 9.17) is 5.11 Å². The molecule has 72 valence electrons. The Balaban J connectivity index is 3.80. The molecule has 0 aromatic heterocycles. The number of hydrogen-bond acceptors (Lipinski definition) is 2. The third-order valence-electron chi connectivity index (χ3n) is 1.42. The van der Waals surface area contributed by atoms with Gasteiger partial charge >= 0.3 is 5.97 Å². The molecule has 4 heteroatoms. The Bertz CT molecular complexity index is 233. The lowest BCUT2D eigenvalue weighted by molar-refractivity contribution is -0.131. The van der Waals surface area contributed by atoms with Gasteiger partial charge in [-0.15, -0.1) is 0 Å². The second-order valence-corrected chi connectivity index (χ2v) is 2.42. The van der Waals surface area contributed by atoms with Gasteiger partial charge in [0.25, 0.3) is 0 Å². The highest BCUT2D eigenvalue weighted by molar-refractivity contribution is 5.79. The minimum absolute atomic E-state index is 0.0984. The highest BCUT2D eigenvalue weighted by Gasteiger charge is 2.01. The van der Waals surface area contributed by atoms with Crippen LogP contribution in [-0.4, -0.2) is 28.4 Å². The normalized spacial score (nSPS) is 9.92. The largest absolute Gasteiger partial charge is 0.478 e. The lowest BCUT2D eigenvalue weighted by atomic mass is 10.3. The van der Waals surface area contributed by atoms with Crippen molar-refractivity contribution in [3.8, 4) is 0 Å². The summed E-state index contributed by atoms with van der Waals surface area (Å²) >= 11 is 0. The van der Waals surface area contributed by atoms with Crippen molar-refractivity contribution in [1.82, 2.24) is 4.90 Å². The molecule has 0 aliphatic rings. The fraction of sp³-hybridized carbons (Fsp3) is 0.333. The number of nitrogens with zero attached hydrogens (tertiary/aromatic N) is 1. The molecular formula is C9H13NO3. The van der Waals surface area contributed by atoms with Gasteiger partial charge in [-0.3, -0.25) is 4.79 Å². The molecule has 0 aromatic carbocycles. The Morgan fingerprint density at radius 1 is 1.54 bits per heavy atom. The molecular weight excluding hydrogens is 170 g/mol. The van der Waals surface area contributed by atoms with E-state index in [1.807, 2.05) is 0 Å². The molecule has 0 rings (SSSR count). The summed E-state index contributed by atoms with van der Waals surface area (Å²) < 4.78 is 0. The van der Waals surface area contributed by atoms with Crippen molar-refractivity contribution in [1.29, 1.82) is 0 Å². The van der Waals surface area contributed by atoms with Gasteiger partial charge in [0, 0.05) is 19.5 Å². The van der Waals surface area contributed by atoms with E-state index in [1.54, 1.807) is 0 Å². The SMILES string of the molecule is C=CN(CCC=CC(=O)O)C(C)=O. The predicted molar refractivity (Wildman–Crippen MR) is 49.0 cm³/mol. The first-order valence-electron chi connectivity index (χ1n) is 3.87. The first-order chi connectivity index (χ1) is 6.07. The Hall–Kier alpha value is -1.58. The average molecular weight is 183 g/mol. The van der Waals surface area contributed by atoms with Crippen LogP contribution in [0.25, 0.3) is 0 Å². The van der Waals surface area contributed by atoms with Gasteiger partial charge in [-0.1, -0.05) is 12.7 Å². The Kier molecular flexibility index (Phi) is 5.27. The quantitative estimate of drug-likeness (QED) is 0.647. The zero-order valence-electron chi connectivity index (χ0n) is 7.56. The molecule has 0 atom stereocenters. The van der Waals surface area contributed by atoms with Gasteiger partial charge in [0.2, 0.25) is 5.91 Å². The molecule has 1 amide bonds. The van der Waals surface area contributed by atoms with Crippen LogP contribution in [0.3, 0.4) is 0 Å². The second-order valence-electron chi connectivity index (χ2n) is 2.42. The summed E-state index contributed by atoms with van der Waals surface area (Å²) in [5.41, 5.74) is 0. The van der Waals surface area contributed by atoms with E-state index in [2.05, 4.69) is 6.58 Å². The van der Waals surface area contributed by atoms with Crippen molar-refractivity contribution in [2.24, 2.45) is 0 Å². The predicted octanol–water partition coefficient (Wildman–Crippen LogP) is 1.01. The summed E-state index contributed by atoms with van der Waals surface area (Å²) in [6.45, 7) is 5.35. The number of rotatable bonds is 5. The standard InChI is InChI=1S/C9H13NO3/c1-3-10(8(2)11)7-5-4-6-9(12)13/h3-4,6H,1,5,7H2,2H3,(H,12,13). The highest BCUT2D eigenvalue weighted by atomic mass is 16.4. The maximum atomic E-state index is 10.8. The summed E-state index contributed by atoms with van der Waals surface area (Å²) in [6, 6.07) is 0. The zero-order valence-corrected chi connectivity index (χ0v) is 7.56. The third kappa shape index (κ3) is 5.66. The van der Waals surface area contributed by atoms with Crippen LogP contribution in [-0.2, 0) is 9.59 Å². The van der Waals surface area contributed by atoms with Crippen LogP contribution in [0.2, 0.25) is 0 Å². The topological polar surface area (TPSA) is 57.6 Å². The maximum Gasteiger partial charge on any atom is 0.327 e. The number of carboxylic acids is 1. The fourth-order valence-corrected chi connectivity index (χ4v) is 0.775. The first-order valence-corrected chi connectivity index (χ1v) is 3.87. The molecule has 1 N–H and O–H groups in total. The van der Waals surface area contributed by atoms with Crippen LogP contribution in [0, 0.1) is 0 Å². The van der Waals surface area contributed by atoms with Gasteiger partial charge in [-0.25, -0.2) is 4.79 Å². The molecule has 0 unspecified atom stereocenters. The molecule has 0 spiro atoms. The van der Waals surface area contributed by atoms with Crippen molar-refractivity contribution in [2.45, 2.75) is 13.3 Å². The van der Waals surface area contributed by atoms with Gasteiger partial charge in [0.1, 0.15) is 0 Å². The molecule has 0 bridgehead atoms. The minimum atomic E-state index is -0.979. The lowest BCUT2D eigenvalue weighted by Gasteiger charge is -2.13. The van der Waals surface area contributed by atoms with E-state index < -0.39 is 5.97 Å². The van der Waals surface area contributed by atoms with Gasteiger partial charge < -0.3 is 10.0 Å². The molecule has 13 heavy (non-hydrogen) atoms. The van der Waals surface area contributed by atoms with Crippen LogP contribution >= 0.6 is 0 Å². The van der Waals surface area contributed by atoms with E-state index in [0.717, 1.165) is 6.08 Å². The molecule has 0 aliphatic heterocycles. The Labute approximate surface area is 77.2 Å². The first kappa shape index (κ1) is 11.4. The van der Waals surface area contributed by atoms with E-state index in [-0.39, 0.29) is 5.91 Å². The van der Waals surface area contributed by atoms with Crippen molar-refractivity contribution in [3.05, 3.63) is 24.9 Å². The number of aliphatic carboxylic acids is 1. The number of carbonyl (C=O) groups is 2. The van der Waals surface area contributed by atoms with Gasteiger partial charge in [0.15, 0.2) is 0 Å². The van der Waals surface area contributed by atoms with Crippen LogP contribution in [0.5, 0.6) is 0 Å². The van der Waals surface area contributed by atoms with Gasteiger partial charge in [0.05, 0.1) is 0 Å².